The smallest absolute Gasteiger partial charge is 0.422 e. The molecular formula is C12H20F3NO4. The molecule has 0 aromatic heterocycles. The van der Waals surface area contributed by atoms with E-state index in [1.807, 2.05) is 0 Å². The first kappa shape index (κ1) is 18.5. The summed E-state index contributed by atoms with van der Waals surface area (Å²) in [5, 5.41) is 2.21. The molecule has 0 aliphatic carbocycles. The summed E-state index contributed by atoms with van der Waals surface area (Å²) in [5.41, 5.74) is -0.776. The summed E-state index contributed by atoms with van der Waals surface area (Å²) in [4.78, 5) is 23.1. The monoisotopic (exact) mass is 299 g/mol. The third kappa shape index (κ3) is 8.60. The Morgan fingerprint density at radius 3 is 2.00 bits per heavy atom. The van der Waals surface area contributed by atoms with Crippen molar-refractivity contribution in [3.05, 3.63) is 0 Å². The maximum absolute atomic E-state index is 12.0. The minimum Gasteiger partial charge on any atom is -0.454 e. The number of alkyl carbamates (subject to hydrolysis) is 1. The van der Waals surface area contributed by atoms with Crippen molar-refractivity contribution in [2.75, 3.05) is 6.61 Å². The molecule has 0 saturated carbocycles. The van der Waals surface area contributed by atoms with Gasteiger partial charge in [-0.25, -0.2) is 9.59 Å². The van der Waals surface area contributed by atoms with Gasteiger partial charge in [0.2, 0.25) is 0 Å². The van der Waals surface area contributed by atoms with E-state index in [1.165, 1.54) is 0 Å². The highest BCUT2D eigenvalue weighted by Crippen LogP contribution is 2.16. The van der Waals surface area contributed by atoms with E-state index in [9.17, 15) is 22.8 Å². The van der Waals surface area contributed by atoms with E-state index in [1.54, 1.807) is 34.6 Å². The molecule has 20 heavy (non-hydrogen) atoms. The molecule has 0 spiro atoms. The second-order valence-electron chi connectivity index (χ2n) is 5.59. The summed E-state index contributed by atoms with van der Waals surface area (Å²) in [7, 11) is 0. The van der Waals surface area contributed by atoms with Gasteiger partial charge in [-0.3, -0.25) is 0 Å². The van der Waals surface area contributed by atoms with Crippen molar-refractivity contribution in [1.82, 2.24) is 5.32 Å². The van der Waals surface area contributed by atoms with Gasteiger partial charge >= 0.3 is 18.2 Å². The first-order chi connectivity index (χ1) is 8.82. The molecule has 0 heterocycles. The molecule has 8 heteroatoms. The third-order valence-corrected chi connectivity index (χ3v) is 1.97. The fraction of sp³-hybridized carbons (Fsp3) is 0.833. The normalized spacial score (nSPS) is 13.8. The van der Waals surface area contributed by atoms with Crippen molar-refractivity contribution < 1.29 is 32.2 Å². The van der Waals surface area contributed by atoms with E-state index in [0.29, 0.717) is 0 Å². The van der Waals surface area contributed by atoms with Crippen LogP contribution in [-0.2, 0) is 14.3 Å². The van der Waals surface area contributed by atoms with E-state index < -0.39 is 42.4 Å². The van der Waals surface area contributed by atoms with Gasteiger partial charge in [-0.05, 0) is 26.7 Å². The maximum atomic E-state index is 12.0. The number of esters is 1. The second kappa shape index (κ2) is 6.81. The van der Waals surface area contributed by atoms with Crippen molar-refractivity contribution in [2.45, 2.75) is 52.4 Å². The fourth-order valence-corrected chi connectivity index (χ4v) is 1.18. The van der Waals surface area contributed by atoms with E-state index in [4.69, 9.17) is 4.74 Å². The van der Waals surface area contributed by atoms with E-state index in [0.717, 1.165) is 0 Å². The van der Waals surface area contributed by atoms with Gasteiger partial charge in [0.05, 0.1) is 0 Å². The average molecular weight is 299 g/mol. The van der Waals surface area contributed by atoms with Gasteiger partial charge in [-0.2, -0.15) is 13.2 Å². The number of nitrogens with one attached hydrogen (secondary N) is 1. The van der Waals surface area contributed by atoms with E-state index in [-0.39, 0.29) is 0 Å². The van der Waals surface area contributed by atoms with Crippen LogP contribution >= 0.6 is 0 Å². The summed E-state index contributed by atoms with van der Waals surface area (Å²) in [6.45, 7) is 6.32. The number of alkyl halides is 3. The Balaban J connectivity index is 4.58. The summed E-state index contributed by atoms with van der Waals surface area (Å²) in [6.07, 6.45) is -5.50. The summed E-state index contributed by atoms with van der Waals surface area (Å²) >= 11 is 0. The van der Waals surface area contributed by atoms with Crippen LogP contribution < -0.4 is 5.32 Å². The molecular weight excluding hydrogens is 279 g/mol. The number of ether oxygens (including phenoxy) is 2. The largest absolute Gasteiger partial charge is 0.454 e. The topological polar surface area (TPSA) is 64.6 Å². The van der Waals surface area contributed by atoms with Crippen LogP contribution in [0.15, 0.2) is 0 Å². The highest BCUT2D eigenvalue weighted by atomic mass is 19.4. The van der Waals surface area contributed by atoms with Gasteiger partial charge in [0.25, 0.3) is 0 Å². The zero-order valence-corrected chi connectivity index (χ0v) is 12.1. The quantitative estimate of drug-likeness (QED) is 0.811. The van der Waals surface area contributed by atoms with Crippen molar-refractivity contribution >= 4 is 12.1 Å². The number of halogens is 3. The molecule has 0 unspecified atom stereocenters. The highest BCUT2D eigenvalue weighted by Gasteiger charge is 2.33. The first-order valence-corrected chi connectivity index (χ1v) is 6.05. The van der Waals surface area contributed by atoms with Gasteiger partial charge in [-0.15, -0.1) is 0 Å². The van der Waals surface area contributed by atoms with Gasteiger partial charge in [0.15, 0.2) is 6.61 Å². The number of carbonyl (C=O) groups is 2. The molecule has 0 bridgehead atoms. The van der Waals surface area contributed by atoms with Crippen LogP contribution in [0.4, 0.5) is 18.0 Å². The van der Waals surface area contributed by atoms with Crippen molar-refractivity contribution in [3.63, 3.8) is 0 Å². The SMILES string of the molecule is CC(C)[C@H](NC(=O)OC(C)(C)C)C(=O)OCC(F)(F)F. The first-order valence-electron chi connectivity index (χ1n) is 6.05. The predicted molar refractivity (Wildman–Crippen MR) is 65.0 cm³/mol. The third-order valence-electron chi connectivity index (χ3n) is 1.97. The lowest BCUT2D eigenvalue weighted by molar-refractivity contribution is -0.188. The van der Waals surface area contributed by atoms with Gasteiger partial charge in [0.1, 0.15) is 11.6 Å². The van der Waals surface area contributed by atoms with Crippen LogP contribution in [0, 0.1) is 5.92 Å². The number of hydrogen-bond donors (Lipinski definition) is 1. The van der Waals surface area contributed by atoms with Crippen molar-refractivity contribution in [2.24, 2.45) is 5.92 Å². The van der Waals surface area contributed by atoms with Gasteiger partial charge in [0, 0.05) is 0 Å². The standard InChI is InChI=1S/C12H20F3NO4/c1-7(2)8(9(17)19-6-12(13,14)15)16-10(18)20-11(3,4)5/h7-8H,6H2,1-5H3,(H,16,18)/t8-/m0/s1. The van der Waals surface area contributed by atoms with Crippen LogP contribution in [0.1, 0.15) is 34.6 Å². The zero-order chi connectivity index (χ0) is 16.1. The Morgan fingerprint density at radius 2 is 1.65 bits per heavy atom. The van der Waals surface area contributed by atoms with Crippen LogP contribution in [0.5, 0.6) is 0 Å². The summed E-state index contributed by atoms with van der Waals surface area (Å²) in [6, 6.07) is -1.20. The van der Waals surface area contributed by atoms with E-state index >= 15 is 0 Å². The molecule has 1 amide bonds. The van der Waals surface area contributed by atoms with Crippen LogP contribution in [0.25, 0.3) is 0 Å². The predicted octanol–water partition coefficient (Wildman–Crippen LogP) is 2.64. The molecule has 0 radical (unpaired) electrons. The summed E-state index contributed by atoms with van der Waals surface area (Å²) < 4.78 is 45.0. The second-order valence-corrected chi connectivity index (χ2v) is 5.59. The van der Waals surface area contributed by atoms with Gasteiger partial charge < -0.3 is 14.8 Å². The van der Waals surface area contributed by atoms with Gasteiger partial charge in [-0.1, -0.05) is 13.8 Å². The molecule has 0 rings (SSSR count). The number of amides is 1. The zero-order valence-electron chi connectivity index (χ0n) is 12.1. The lowest BCUT2D eigenvalue weighted by atomic mass is 10.1. The molecule has 118 valence electrons. The number of rotatable bonds is 4. The Bertz CT molecular complexity index is 348. The average Bonchev–Trinajstić information content (AvgIpc) is 2.18. The molecule has 5 nitrogen and oxygen atoms in total. The molecule has 1 atom stereocenters. The fourth-order valence-electron chi connectivity index (χ4n) is 1.18. The lowest BCUT2D eigenvalue weighted by Gasteiger charge is -2.24. The number of carbonyl (C=O) groups excluding carboxylic acids is 2. The van der Waals surface area contributed by atoms with Crippen LogP contribution in [-0.4, -0.2) is 36.5 Å². The Kier molecular flexibility index (Phi) is 6.31. The van der Waals surface area contributed by atoms with Crippen molar-refractivity contribution in [1.29, 1.82) is 0 Å². The summed E-state index contributed by atoms with van der Waals surface area (Å²) in [5.74, 6) is -1.59. The molecule has 0 aromatic carbocycles. The molecule has 0 fully saturated rings. The molecule has 0 saturated heterocycles. The minimum absolute atomic E-state index is 0.441. The van der Waals surface area contributed by atoms with Crippen LogP contribution in [0.2, 0.25) is 0 Å². The molecule has 0 aliphatic rings. The Hall–Kier alpha value is -1.47. The van der Waals surface area contributed by atoms with Crippen molar-refractivity contribution in [3.8, 4) is 0 Å². The van der Waals surface area contributed by atoms with E-state index in [2.05, 4.69) is 10.1 Å². The maximum Gasteiger partial charge on any atom is 0.422 e. The minimum atomic E-state index is -4.61. The Labute approximate surface area is 115 Å². The molecule has 0 aromatic rings. The molecule has 0 aliphatic heterocycles. The lowest BCUT2D eigenvalue weighted by Crippen LogP contribution is -2.47. The highest BCUT2D eigenvalue weighted by molar-refractivity contribution is 5.81. The number of hydrogen-bond acceptors (Lipinski definition) is 4. The molecule has 1 N–H and O–H groups in total. The Morgan fingerprint density at radius 1 is 1.15 bits per heavy atom. The van der Waals surface area contributed by atoms with Crippen LogP contribution in [0.3, 0.4) is 0 Å².